The maximum absolute atomic E-state index is 13.6. The predicted octanol–water partition coefficient (Wildman–Crippen LogP) is 2.82. The Morgan fingerprint density at radius 3 is 2.55 bits per heavy atom. The highest BCUT2D eigenvalue weighted by Gasteiger charge is 2.27. The van der Waals surface area contributed by atoms with Crippen molar-refractivity contribution >= 4 is 16.8 Å². The first-order chi connectivity index (χ1) is 15.9. The third-order valence-corrected chi connectivity index (χ3v) is 5.62. The van der Waals surface area contributed by atoms with Crippen LogP contribution in [-0.4, -0.2) is 73.3 Å². The van der Waals surface area contributed by atoms with E-state index in [0.717, 1.165) is 0 Å². The third kappa shape index (κ3) is 5.58. The number of carbonyl (C=O) groups is 1. The Kier molecular flexibility index (Phi) is 8.19. The van der Waals surface area contributed by atoms with Gasteiger partial charge in [0.2, 0.25) is 0 Å². The Hall–Kier alpha value is -3.23. The van der Waals surface area contributed by atoms with E-state index in [-0.39, 0.29) is 11.5 Å². The maximum atomic E-state index is 13.6. The SMILES string of the molecule is COCCn1c(C(C)N(CCN(C)C)C(=O)c2cccc(OC)c2)nc2ccccc2c1=O. The van der Waals surface area contributed by atoms with E-state index in [9.17, 15) is 9.59 Å². The summed E-state index contributed by atoms with van der Waals surface area (Å²) < 4.78 is 12.2. The fourth-order valence-corrected chi connectivity index (χ4v) is 3.74. The van der Waals surface area contributed by atoms with Gasteiger partial charge in [0.05, 0.1) is 37.2 Å². The van der Waals surface area contributed by atoms with Crippen molar-refractivity contribution in [3.63, 3.8) is 0 Å². The molecule has 176 valence electrons. The van der Waals surface area contributed by atoms with Crippen molar-refractivity contribution in [3.8, 4) is 5.75 Å². The Bertz CT molecular complexity index is 1160. The summed E-state index contributed by atoms with van der Waals surface area (Å²) >= 11 is 0. The molecule has 0 saturated carbocycles. The summed E-state index contributed by atoms with van der Waals surface area (Å²) in [6.07, 6.45) is 0. The summed E-state index contributed by atoms with van der Waals surface area (Å²) in [5.74, 6) is 0.997. The first kappa shape index (κ1) is 24.4. The number of amides is 1. The van der Waals surface area contributed by atoms with Gasteiger partial charge in [-0.05, 0) is 51.4 Å². The number of aromatic nitrogens is 2. The summed E-state index contributed by atoms with van der Waals surface area (Å²) in [6.45, 7) is 3.75. The molecule has 3 rings (SSSR count). The molecule has 2 aromatic carbocycles. The van der Waals surface area contributed by atoms with Crippen LogP contribution in [0.4, 0.5) is 0 Å². The van der Waals surface area contributed by atoms with Crippen LogP contribution in [0.25, 0.3) is 10.9 Å². The minimum absolute atomic E-state index is 0.138. The van der Waals surface area contributed by atoms with Crippen LogP contribution in [0.3, 0.4) is 0 Å². The fraction of sp³-hybridized carbons (Fsp3) is 0.400. The van der Waals surface area contributed by atoms with Gasteiger partial charge in [0, 0.05) is 25.8 Å². The van der Waals surface area contributed by atoms with Gasteiger partial charge in [-0.1, -0.05) is 18.2 Å². The summed E-state index contributed by atoms with van der Waals surface area (Å²) in [4.78, 5) is 35.5. The Labute approximate surface area is 194 Å². The van der Waals surface area contributed by atoms with E-state index in [1.807, 2.05) is 44.1 Å². The lowest BCUT2D eigenvalue weighted by Crippen LogP contribution is -2.41. The van der Waals surface area contributed by atoms with E-state index in [1.54, 1.807) is 54.0 Å². The number of likely N-dealkylation sites (N-methyl/N-ethyl adjacent to an activating group) is 1. The molecule has 0 saturated heterocycles. The lowest BCUT2D eigenvalue weighted by atomic mass is 10.1. The van der Waals surface area contributed by atoms with Gasteiger partial charge in [-0.3, -0.25) is 14.2 Å². The smallest absolute Gasteiger partial charge is 0.261 e. The van der Waals surface area contributed by atoms with Gasteiger partial charge in [-0.15, -0.1) is 0 Å². The Morgan fingerprint density at radius 2 is 1.85 bits per heavy atom. The van der Waals surface area contributed by atoms with E-state index in [1.165, 1.54) is 0 Å². The molecular weight excluding hydrogens is 420 g/mol. The molecular formula is C25H32N4O4. The van der Waals surface area contributed by atoms with E-state index >= 15 is 0 Å². The lowest BCUT2D eigenvalue weighted by Gasteiger charge is -2.31. The molecule has 1 heterocycles. The van der Waals surface area contributed by atoms with E-state index in [4.69, 9.17) is 14.5 Å². The molecule has 0 bridgehead atoms. The van der Waals surface area contributed by atoms with Crippen molar-refractivity contribution in [2.45, 2.75) is 19.5 Å². The quantitative estimate of drug-likeness (QED) is 0.471. The second-order valence-electron chi connectivity index (χ2n) is 8.15. The van der Waals surface area contributed by atoms with Crippen molar-refractivity contribution in [2.75, 3.05) is 48.0 Å². The molecule has 1 aromatic heterocycles. The van der Waals surface area contributed by atoms with Crippen molar-refractivity contribution in [3.05, 3.63) is 70.3 Å². The zero-order valence-corrected chi connectivity index (χ0v) is 19.9. The molecule has 0 aliphatic rings. The van der Waals surface area contributed by atoms with Crippen molar-refractivity contribution in [2.24, 2.45) is 0 Å². The van der Waals surface area contributed by atoms with Crippen molar-refractivity contribution < 1.29 is 14.3 Å². The van der Waals surface area contributed by atoms with Crippen LogP contribution in [0, 0.1) is 0 Å². The fourth-order valence-electron chi connectivity index (χ4n) is 3.74. The number of benzene rings is 2. The van der Waals surface area contributed by atoms with Crippen LogP contribution in [-0.2, 0) is 11.3 Å². The number of hydrogen-bond acceptors (Lipinski definition) is 6. The van der Waals surface area contributed by atoms with E-state index in [0.29, 0.717) is 54.3 Å². The molecule has 8 nitrogen and oxygen atoms in total. The normalized spacial score (nSPS) is 12.2. The summed E-state index contributed by atoms with van der Waals surface area (Å²) in [5, 5.41) is 0.545. The Morgan fingerprint density at radius 1 is 1.09 bits per heavy atom. The molecule has 0 aliphatic carbocycles. The van der Waals surface area contributed by atoms with Crippen molar-refractivity contribution in [1.29, 1.82) is 0 Å². The highest BCUT2D eigenvalue weighted by molar-refractivity contribution is 5.95. The first-order valence-corrected chi connectivity index (χ1v) is 11.0. The van der Waals surface area contributed by atoms with Crippen molar-refractivity contribution in [1.82, 2.24) is 19.4 Å². The van der Waals surface area contributed by atoms with Gasteiger partial charge in [0.15, 0.2) is 0 Å². The van der Waals surface area contributed by atoms with Crippen LogP contribution in [0.15, 0.2) is 53.3 Å². The highest BCUT2D eigenvalue weighted by Crippen LogP contribution is 2.23. The third-order valence-electron chi connectivity index (χ3n) is 5.62. The van der Waals surface area contributed by atoms with E-state index < -0.39 is 6.04 Å². The highest BCUT2D eigenvalue weighted by atomic mass is 16.5. The molecule has 1 unspecified atom stereocenters. The van der Waals surface area contributed by atoms with Gasteiger partial charge in [-0.2, -0.15) is 0 Å². The molecule has 0 spiro atoms. The predicted molar refractivity (Wildman–Crippen MR) is 129 cm³/mol. The second-order valence-corrected chi connectivity index (χ2v) is 8.15. The van der Waals surface area contributed by atoms with Gasteiger partial charge in [0.1, 0.15) is 11.6 Å². The van der Waals surface area contributed by atoms with Crippen LogP contribution >= 0.6 is 0 Å². The molecule has 0 fully saturated rings. The van der Waals surface area contributed by atoms with Crippen LogP contribution in [0.5, 0.6) is 5.75 Å². The zero-order valence-electron chi connectivity index (χ0n) is 19.9. The van der Waals surface area contributed by atoms with E-state index in [2.05, 4.69) is 0 Å². The molecule has 0 aliphatic heterocycles. The standard InChI is InChI=1S/C25H32N4O4/c1-18(23-26-22-12-7-6-11-21(22)25(31)29(23)15-16-32-4)28(14-13-27(2)3)24(30)19-9-8-10-20(17-19)33-5/h6-12,17-18H,13-16H2,1-5H3. The van der Waals surface area contributed by atoms with Crippen LogP contribution < -0.4 is 10.3 Å². The van der Waals surface area contributed by atoms with Gasteiger partial charge in [0.25, 0.3) is 11.5 Å². The van der Waals surface area contributed by atoms with Crippen LogP contribution in [0.2, 0.25) is 0 Å². The molecule has 0 N–H and O–H groups in total. The minimum Gasteiger partial charge on any atom is -0.497 e. The number of carbonyl (C=O) groups excluding carboxylic acids is 1. The lowest BCUT2D eigenvalue weighted by molar-refractivity contribution is 0.0662. The number of rotatable bonds is 10. The number of nitrogens with zero attached hydrogens (tertiary/aromatic N) is 4. The zero-order chi connectivity index (χ0) is 24.0. The van der Waals surface area contributed by atoms with Gasteiger partial charge < -0.3 is 19.3 Å². The Balaban J connectivity index is 2.10. The molecule has 33 heavy (non-hydrogen) atoms. The minimum atomic E-state index is -0.446. The topological polar surface area (TPSA) is 76.9 Å². The molecule has 1 atom stereocenters. The summed E-state index contributed by atoms with van der Waals surface area (Å²) in [7, 11) is 7.09. The van der Waals surface area contributed by atoms with Gasteiger partial charge >= 0.3 is 0 Å². The first-order valence-electron chi connectivity index (χ1n) is 11.0. The number of para-hydroxylation sites is 1. The molecule has 1 amide bonds. The van der Waals surface area contributed by atoms with Gasteiger partial charge in [-0.25, -0.2) is 4.98 Å². The number of hydrogen-bond donors (Lipinski definition) is 0. The largest absolute Gasteiger partial charge is 0.497 e. The maximum Gasteiger partial charge on any atom is 0.261 e. The molecule has 3 aromatic rings. The monoisotopic (exact) mass is 452 g/mol. The number of methoxy groups -OCH3 is 2. The number of fused-ring (bicyclic) bond motifs is 1. The number of ether oxygens (including phenoxy) is 2. The average Bonchev–Trinajstić information content (AvgIpc) is 2.83. The summed E-state index contributed by atoms with van der Waals surface area (Å²) in [5.41, 5.74) is 0.992. The molecule has 8 heteroatoms. The summed E-state index contributed by atoms with van der Waals surface area (Å²) in [6, 6.07) is 13.9. The average molecular weight is 453 g/mol. The molecule has 0 radical (unpaired) electrons. The van der Waals surface area contributed by atoms with Crippen LogP contribution in [0.1, 0.15) is 29.1 Å². The second kappa shape index (κ2) is 11.1.